The summed E-state index contributed by atoms with van der Waals surface area (Å²) in [5.74, 6) is 1.42. The van der Waals surface area contributed by atoms with E-state index in [4.69, 9.17) is 0 Å². The highest BCUT2D eigenvalue weighted by Gasteiger charge is 2.23. The first-order valence-electron chi connectivity index (χ1n) is 10.6. The second kappa shape index (κ2) is 7.67. The second-order valence-corrected chi connectivity index (χ2v) is 9.30. The maximum Gasteiger partial charge on any atom is 0.0532 e. The number of anilines is 2. The highest BCUT2D eigenvalue weighted by Crippen LogP contribution is 2.45. The van der Waals surface area contributed by atoms with Gasteiger partial charge in [-0.15, -0.1) is 0 Å². The normalized spacial score (nSPS) is 23.2. The minimum absolute atomic E-state index is 0.690. The van der Waals surface area contributed by atoms with Crippen LogP contribution in [-0.2, 0) is 0 Å². The predicted octanol–water partition coefficient (Wildman–Crippen LogP) is 7.99. The van der Waals surface area contributed by atoms with Crippen LogP contribution in [0.2, 0.25) is 0 Å². The summed E-state index contributed by atoms with van der Waals surface area (Å²) in [6, 6.07) is 15.2. The molecule has 1 saturated carbocycles. The molecule has 2 aromatic carbocycles. The summed E-state index contributed by atoms with van der Waals surface area (Å²) in [5, 5.41) is 3.60. The number of fused-ring (bicyclic) bond motifs is 3. The van der Waals surface area contributed by atoms with Crippen molar-refractivity contribution in [3.63, 3.8) is 0 Å². The molecule has 3 aliphatic rings. The third-order valence-corrected chi connectivity index (χ3v) is 7.50. The number of nitrogens with one attached hydrogen (secondary N) is 1. The maximum atomic E-state index is 4.47. The number of hydrogen-bond acceptors (Lipinski definition) is 2. The van der Waals surface area contributed by atoms with Crippen molar-refractivity contribution in [3.05, 3.63) is 78.4 Å². The second-order valence-electron chi connectivity index (χ2n) is 8.21. The number of allylic oxidation sites excluding steroid dienone is 5. The fourth-order valence-electron chi connectivity index (χ4n) is 4.70. The molecule has 142 valence electrons. The zero-order chi connectivity index (χ0) is 18.9. The molecule has 1 nitrogen and oxygen atoms in total. The van der Waals surface area contributed by atoms with Crippen LogP contribution in [0.15, 0.2) is 82.6 Å². The Hall–Kier alpha value is -2.19. The van der Waals surface area contributed by atoms with Gasteiger partial charge >= 0.3 is 0 Å². The fourth-order valence-corrected chi connectivity index (χ4v) is 5.66. The van der Waals surface area contributed by atoms with Gasteiger partial charge in [0.1, 0.15) is 0 Å². The van der Waals surface area contributed by atoms with Crippen LogP contribution in [0.1, 0.15) is 44.1 Å². The number of rotatable bonds is 2. The Labute approximate surface area is 172 Å². The molecule has 0 saturated heterocycles. The van der Waals surface area contributed by atoms with Gasteiger partial charge in [0.05, 0.1) is 11.4 Å². The fraction of sp³-hybridized carbons (Fsp3) is 0.308. The lowest BCUT2D eigenvalue weighted by atomic mass is 9.76. The lowest BCUT2D eigenvalue weighted by molar-refractivity contribution is 0.357. The lowest BCUT2D eigenvalue weighted by Gasteiger charge is -2.29. The van der Waals surface area contributed by atoms with Crippen LogP contribution in [-0.4, -0.2) is 0 Å². The van der Waals surface area contributed by atoms with E-state index < -0.39 is 0 Å². The first kappa shape index (κ1) is 17.9. The smallest absolute Gasteiger partial charge is 0.0532 e. The molecule has 28 heavy (non-hydrogen) atoms. The summed E-state index contributed by atoms with van der Waals surface area (Å²) < 4.78 is 0. The van der Waals surface area contributed by atoms with E-state index in [1.165, 1.54) is 70.8 Å². The zero-order valence-electron chi connectivity index (χ0n) is 16.3. The summed E-state index contributed by atoms with van der Waals surface area (Å²) in [5.41, 5.74) is 6.05. The SMILES string of the molecule is C=C(C1=CC2CCCCCCC2C=C1)c1ccc2c(c1)Nc1ccccc1S2. The Balaban J connectivity index is 1.39. The van der Waals surface area contributed by atoms with Crippen molar-refractivity contribution in [1.82, 2.24) is 0 Å². The summed E-state index contributed by atoms with van der Waals surface area (Å²) in [7, 11) is 0. The number of hydrogen-bond donors (Lipinski definition) is 1. The minimum atomic E-state index is 0.690. The van der Waals surface area contributed by atoms with E-state index in [9.17, 15) is 0 Å². The third-order valence-electron chi connectivity index (χ3n) is 6.34. The van der Waals surface area contributed by atoms with E-state index in [0.717, 1.165) is 11.5 Å². The molecule has 1 aliphatic heterocycles. The molecule has 0 bridgehead atoms. The zero-order valence-corrected chi connectivity index (χ0v) is 17.1. The van der Waals surface area contributed by atoms with Crippen molar-refractivity contribution in [3.8, 4) is 0 Å². The standard InChI is InChI=1S/C26H27NS/c1-18(20-13-12-19-8-4-2-3-5-9-22(19)16-20)21-14-15-26-24(17-21)27-23-10-6-7-11-25(23)28-26/h6-7,10-17,19,22,27H,1-5,8-9H2. The van der Waals surface area contributed by atoms with Gasteiger partial charge in [-0.05, 0) is 65.7 Å². The summed E-state index contributed by atoms with van der Waals surface area (Å²) >= 11 is 1.84. The maximum absolute atomic E-state index is 4.47. The quantitative estimate of drug-likeness (QED) is 0.480. The van der Waals surface area contributed by atoms with Crippen LogP contribution < -0.4 is 5.32 Å². The Morgan fingerprint density at radius 3 is 2.57 bits per heavy atom. The van der Waals surface area contributed by atoms with Crippen LogP contribution in [0.3, 0.4) is 0 Å². The Morgan fingerprint density at radius 2 is 1.68 bits per heavy atom. The Kier molecular flexibility index (Phi) is 4.90. The van der Waals surface area contributed by atoms with Gasteiger partial charge in [0, 0.05) is 9.79 Å². The average molecular weight is 386 g/mol. The van der Waals surface area contributed by atoms with E-state index >= 15 is 0 Å². The van der Waals surface area contributed by atoms with Gasteiger partial charge in [-0.2, -0.15) is 0 Å². The highest BCUT2D eigenvalue weighted by atomic mass is 32.2. The van der Waals surface area contributed by atoms with Gasteiger partial charge in [-0.3, -0.25) is 0 Å². The molecular weight excluding hydrogens is 358 g/mol. The molecule has 0 radical (unpaired) electrons. The first-order chi connectivity index (χ1) is 13.8. The minimum Gasteiger partial charge on any atom is -0.354 e. The lowest BCUT2D eigenvalue weighted by Crippen LogP contribution is -2.16. The summed E-state index contributed by atoms with van der Waals surface area (Å²) in [6.07, 6.45) is 15.5. The van der Waals surface area contributed by atoms with Crippen LogP contribution in [0.5, 0.6) is 0 Å². The molecule has 5 rings (SSSR count). The number of benzene rings is 2. The third kappa shape index (κ3) is 3.46. The molecule has 1 fully saturated rings. The van der Waals surface area contributed by atoms with Gasteiger partial charge in [-0.1, -0.05) is 80.5 Å². The Morgan fingerprint density at radius 1 is 0.893 bits per heavy atom. The molecule has 2 aliphatic carbocycles. The van der Waals surface area contributed by atoms with E-state index in [-0.39, 0.29) is 0 Å². The summed E-state index contributed by atoms with van der Waals surface area (Å²) in [6.45, 7) is 4.47. The summed E-state index contributed by atoms with van der Waals surface area (Å²) in [4.78, 5) is 2.57. The van der Waals surface area contributed by atoms with Crippen molar-refractivity contribution in [2.75, 3.05) is 5.32 Å². The number of para-hydroxylation sites is 1. The van der Waals surface area contributed by atoms with E-state index in [1.807, 2.05) is 11.8 Å². The van der Waals surface area contributed by atoms with Crippen molar-refractivity contribution >= 4 is 28.7 Å². The van der Waals surface area contributed by atoms with Crippen LogP contribution in [0.25, 0.3) is 5.57 Å². The topological polar surface area (TPSA) is 12.0 Å². The van der Waals surface area contributed by atoms with Crippen LogP contribution in [0, 0.1) is 11.8 Å². The monoisotopic (exact) mass is 385 g/mol. The molecule has 1 N–H and O–H groups in total. The predicted molar refractivity (Wildman–Crippen MR) is 121 cm³/mol. The molecule has 2 unspecified atom stereocenters. The van der Waals surface area contributed by atoms with Crippen LogP contribution >= 0.6 is 11.8 Å². The Bertz CT molecular complexity index is 968. The van der Waals surface area contributed by atoms with Crippen molar-refractivity contribution < 1.29 is 0 Å². The van der Waals surface area contributed by atoms with Gasteiger partial charge in [0.2, 0.25) is 0 Å². The van der Waals surface area contributed by atoms with E-state index in [1.54, 1.807) is 0 Å². The molecule has 2 atom stereocenters. The van der Waals surface area contributed by atoms with Gasteiger partial charge in [0.15, 0.2) is 0 Å². The molecular formula is C26H27NS. The van der Waals surface area contributed by atoms with Gasteiger partial charge in [0.25, 0.3) is 0 Å². The molecule has 0 amide bonds. The van der Waals surface area contributed by atoms with Crippen molar-refractivity contribution in [2.45, 2.75) is 48.3 Å². The van der Waals surface area contributed by atoms with Crippen molar-refractivity contribution in [1.29, 1.82) is 0 Å². The molecule has 1 heterocycles. The largest absolute Gasteiger partial charge is 0.354 e. The van der Waals surface area contributed by atoms with Crippen LogP contribution in [0.4, 0.5) is 11.4 Å². The molecule has 2 heteroatoms. The molecule has 0 spiro atoms. The van der Waals surface area contributed by atoms with E-state index in [2.05, 4.69) is 72.6 Å². The first-order valence-corrected chi connectivity index (χ1v) is 11.4. The van der Waals surface area contributed by atoms with Gasteiger partial charge < -0.3 is 5.32 Å². The highest BCUT2D eigenvalue weighted by molar-refractivity contribution is 7.99. The van der Waals surface area contributed by atoms with Crippen molar-refractivity contribution in [2.24, 2.45) is 11.8 Å². The molecule has 2 aromatic rings. The average Bonchev–Trinajstić information content (AvgIpc) is 2.71. The molecule has 0 aromatic heterocycles. The van der Waals surface area contributed by atoms with E-state index in [0.29, 0.717) is 5.92 Å². The van der Waals surface area contributed by atoms with Gasteiger partial charge in [-0.25, -0.2) is 0 Å².